The van der Waals surface area contributed by atoms with E-state index in [1.807, 2.05) is 0 Å². The zero-order chi connectivity index (χ0) is 28.8. The Balaban J connectivity index is 1.55. The van der Waals surface area contributed by atoms with Crippen molar-refractivity contribution in [2.45, 2.75) is 31.5 Å². The number of hydrogen-bond acceptors (Lipinski definition) is 8. The predicted molar refractivity (Wildman–Crippen MR) is 131 cm³/mol. The van der Waals surface area contributed by atoms with E-state index in [0.717, 1.165) is 8.99 Å². The molecule has 2 aliphatic heterocycles. The normalized spacial score (nSPS) is 20.4. The smallest absolute Gasteiger partial charge is 0.401 e. The van der Waals surface area contributed by atoms with Gasteiger partial charge in [-0.3, -0.25) is 9.59 Å². The first-order chi connectivity index (χ1) is 18.9. The lowest BCUT2D eigenvalue weighted by Gasteiger charge is -2.23. The van der Waals surface area contributed by atoms with Crippen LogP contribution in [0.2, 0.25) is 0 Å². The molecule has 5 rings (SSSR count). The highest BCUT2D eigenvalue weighted by Gasteiger charge is 2.60. The summed E-state index contributed by atoms with van der Waals surface area (Å²) in [5, 5.41) is 4.04. The number of hydrogen-bond donors (Lipinski definition) is 0. The van der Waals surface area contributed by atoms with Gasteiger partial charge < -0.3 is 9.32 Å². The van der Waals surface area contributed by atoms with E-state index in [2.05, 4.69) is 10.1 Å². The molecule has 0 radical (unpaired) electrons. The van der Waals surface area contributed by atoms with E-state index in [-0.39, 0.29) is 35.6 Å². The number of benzene rings is 1. The summed E-state index contributed by atoms with van der Waals surface area (Å²) in [6.07, 6.45) is -2.84. The summed E-state index contributed by atoms with van der Waals surface area (Å²) in [6.45, 7) is -0.597. The molecular weight excluding hydrogens is 560 g/mol. The van der Waals surface area contributed by atoms with E-state index in [9.17, 15) is 35.6 Å². The molecule has 0 saturated carbocycles. The summed E-state index contributed by atoms with van der Waals surface area (Å²) in [5.41, 5.74) is 0.595. The number of carbonyl (C=O) groups excluding carboxylic acids is 2. The van der Waals surface area contributed by atoms with E-state index in [1.54, 1.807) is 0 Å². The van der Waals surface area contributed by atoms with E-state index < -0.39 is 58.2 Å². The number of rotatable bonds is 7. The topological polar surface area (TPSA) is 122 Å². The zero-order valence-corrected chi connectivity index (χ0v) is 21.9. The first-order valence-corrected chi connectivity index (χ1v) is 13.7. The zero-order valence-electron chi connectivity index (χ0n) is 21.1. The van der Waals surface area contributed by atoms with Gasteiger partial charge in [0.2, 0.25) is 11.9 Å². The highest BCUT2D eigenvalue weighted by molar-refractivity contribution is 7.87. The largest absolute Gasteiger partial charge is 0.459 e. The summed E-state index contributed by atoms with van der Waals surface area (Å²) in [5.74, 6) is -8.39. The molecule has 3 aromatic rings. The second kappa shape index (κ2) is 10.3. The Morgan fingerprint density at radius 2 is 1.82 bits per heavy atom. The maximum atomic E-state index is 14.2. The van der Waals surface area contributed by atoms with Crippen molar-refractivity contribution in [3.63, 3.8) is 0 Å². The minimum absolute atomic E-state index is 0.0611. The second-order valence-corrected chi connectivity index (χ2v) is 11.4. The highest BCUT2D eigenvalue weighted by Crippen LogP contribution is 2.44. The Morgan fingerprint density at radius 3 is 2.42 bits per heavy atom. The van der Waals surface area contributed by atoms with Crippen molar-refractivity contribution in [3.05, 3.63) is 65.6 Å². The van der Waals surface area contributed by atoms with Crippen LogP contribution in [-0.2, 0) is 21.5 Å². The fraction of sp³-hybridized carbons (Fsp3) is 0.417. The summed E-state index contributed by atoms with van der Waals surface area (Å²) in [4.78, 5) is 31.8. The van der Waals surface area contributed by atoms with Crippen LogP contribution >= 0.6 is 0 Å². The Labute approximate surface area is 226 Å². The molecule has 1 amide bonds. The lowest BCUT2D eigenvalue weighted by molar-refractivity contribution is -0.182. The van der Waals surface area contributed by atoms with Gasteiger partial charge in [0.1, 0.15) is 11.7 Å². The highest BCUT2D eigenvalue weighted by atomic mass is 32.2. The lowest BCUT2D eigenvalue weighted by Crippen LogP contribution is -2.45. The third-order valence-electron chi connectivity index (χ3n) is 6.84. The maximum Gasteiger partial charge on any atom is 0.401 e. The Hall–Kier alpha value is -3.79. The molecule has 2 atom stereocenters. The average Bonchev–Trinajstić information content (AvgIpc) is 3.70. The number of furan rings is 1. The first kappa shape index (κ1) is 27.8. The minimum atomic E-state index is -5.12. The first-order valence-electron chi connectivity index (χ1n) is 12.3. The van der Waals surface area contributed by atoms with Gasteiger partial charge in [0.05, 0.1) is 12.2 Å². The van der Waals surface area contributed by atoms with Gasteiger partial charge in [-0.1, -0.05) is 12.1 Å². The van der Waals surface area contributed by atoms with Gasteiger partial charge in [0, 0.05) is 33.2 Å². The van der Waals surface area contributed by atoms with Gasteiger partial charge in [0.15, 0.2) is 11.6 Å². The van der Waals surface area contributed by atoms with Crippen LogP contribution in [0.3, 0.4) is 0 Å². The van der Waals surface area contributed by atoms with Crippen LogP contribution in [0, 0.1) is 11.7 Å². The van der Waals surface area contributed by atoms with Crippen LogP contribution in [0.4, 0.5) is 23.5 Å². The van der Waals surface area contributed by atoms with Crippen molar-refractivity contribution in [3.8, 4) is 0 Å². The van der Waals surface area contributed by atoms with Crippen LogP contribution in [0.15, 0.2) is 47.1 Å². The molecule has 2 aliphatic rings. The standard InChI is InChI=1S/C24H24F4N6O5S/c1-31(13-15-6-8-16(25)9-7-15)23-29-20(30-34(23)21(35)18-5-4-12-39-18)17-14-33(22(36)19(17)24(26,27)28)40(37,38)32-10-2-3-11-32/h4-9,12,17,19H,2-3,10-11,13-14H2,1H3. The number of carbonyl (C=O) groups is 2. The minimum Gasteiger partial charge on any atom is -0.459 e. The summed E-state index contributed by atoms with van der Waals surface area (Å²) >= 11 is 0. The SMILES string of the molecule is CN(Cc1ccc(F)cc1)c1nc(C2CN(S(=O)(=O)N3CCCC3)C(=O)C2C(F)(F)F)nn1C(=O)c1ccco1. The Bertz CT molecular complexity index is 1500. The predicted octanol–water partition coefficient (Wildman–Crippen LogP) is 2.78. The van der Waals surface area contributed by atoms with Crippen LogP contribution in [0.5, 0.6) is 0 Å². The van der Waals surface area contributed by atoms with Crippen molar-refractivity contribution in [1.82, 2.24) is 23.4 Å². The van der Waals surface area contributed by atoms with E-state index in [1.165, 1.54) is 54.6 Å². The molecule has 0 spiro atoms. The van der Waals surface area contributed by atoms with Gasteiger partial charge in [0.25, 0.3) is 0 Å². The fourth-order valence-corrected chi connectivity index (χ4v) is 6.55. The molecule has 2 saturated heterocycles. The third kappa shape index (κ3) is 5.08. The van der Waals surface area contributed by atoms with E-state index >= 15 is 0 Å². The quantitative estimate of drug-likeness (QED) is 0.389. The molecule has 16 heteroatoms. The van der Waals surface area contributed by atoms with Gasteiger partial charge >= 0.3 is 22.3 Å². The summed E-state index contributed by atoms with van der Waals surface area (Å²) in [6, 6.07) is 8.18. The van der Waals surface area contributed by atoms with Crippen LogP contribution in [0.25, 0.3) is 0 Å². The molecular formula is C24H24F4N6O5S. The van der Waals surface area contributed by atoms with Crippen LogP contribution < -0.4 is 4.90 Å². The average molecular weight is 585 g/mol. The molecule has 1 aromatic carbocycles. The Morgan fingerprint density at radius 1 is 1.15 bits per heavy atom. The number of aromatic nitrogens is 3. The maximum absolute atomic E-state index is 14.2. The van der Waals surface area contributed by atoms with Crippen molar-refractivity contribution in [2.75, 3.05) is 31.6 Å². The van der Waals surface area contributed by atoms with Crippen molar-refractivity contribution in [2.24, 2.45) is 5.92 Å². The number of amides is 1. The van der Waals surface area contributed by atoms with Crippen molar-refractivity contribution < 1.29 is 40.0 Å². The molecule has 2 fully saturated rings. The van der Waals surface area contributed by atoms with Gasteiger partial charge in [-0.05, 0) is 42.7 Å². The molecule has 0 N–H and O–H groups in total. The molecule has 4 heterocycles. The van der Waals surface area contributed by atoms with E-state index in [4.69, 9.17) is 4.42 Å². The van der Waals surface area contributed by atoms with E-state index in [0.29, 0.717) is 18.4 Å². The molecule has 0 aliphatic carbocycles. The van der Waals surface area contributed by atoms with Gasteiger partial charge in [-0.2, -0.15) is 35.6 Å². The van der Waals surface area contributed by atoms with Crippen LogP contribution in [0.1, 0.15) is 40.7 Å². The summed E-state index contributed by atoms with van der Waals surface area (Å²) < 4.78 is 89.3. The third-order valence-corrected chi connectivity index (χ3v) is 8.74. The molecule has 0 bridgehead atoms. The van der Waals surface area contributed by atoms with Crippen molar-refractivity contribution >= 4 is 28.0 Å². The molecule has 2 unspecified atom stereocenters. The van der Waals surface area contributed by atoms with Crippen LogP contribution in [-0.4, -0.2) is 76.5 Å². The number of alkyl halides is 3. The number of nitrogens with zero attached hydrogens (tertiary/aromatic N) is 6. The lowest BCUT2D eigenvalue weighted by atomic mass is 9.94. The fourth-order valence-electron chi connectivity index (χ4n) is 4.86. The number of halogens is 4. The monoisotopic (exact) mass is 584 g/mol. The summed E-state index contributed by atoms with van der Waals surface area (Å²) in [7, 11) is -3.01. The molecule has 40 heavy (non-hydrogen) atoms. The molecule has 11 nitrogen and oxygen atoms in total. The Kier molecular flexibility index (Phi) is 7.16. The van der Waals surface area contributed by atoms with Gasteiger partial charge in [-0.25, -0.2) is 8.70 Å². The second-order valence-electron chi connectivity index (χ2n) is 9.56. The number of anilines is 1. The van der Waals surface area contributed by atoms with Crippen molar-refractivity contribution in [1.29, 1.82) is 0 Å². The molecule has 214 valence electrons. The van der Waals surface area contributed by atoms with Gasteiger partial charge in [-0.15, -0.1) is 5.10 Å². The molecule has 2 aromatic heterocycles.